The van der Waals surface area contributed by atoms with Gasteiger partial charge in [0.25, 0.3) is 0 Å². The number of pyridine rings is 1. The van der Waals surface area contributed by atoms with Crippen LogP contribution in [0.3, 0.4) is 0 Å². The largest absolute Gasteiger partial charge is 0.403 e. The van der Waals surface area contributed by atoms with Crippen LogP contribution in [0.5, 0.6) is 0 Å². The first kappa shape index (κ1) is 25.5. The lowest BCUT2D eigenvalue weighted by molar-refractivity contribution is -0.139. The minimum absolute atomic E-state index is 0.00381. The van der Waals surface area contributed by atoms with Gasteiger partial charge in [-0.15, -0.1) is 0 Å². The van der Waals surface area contributed by atoms with Crippen LogP contribution in [0.2, 0.25) is 0 Å². The number of fused-ring (bicyclic) bond motifs is 2. The molecule has 0 bridgehead atoms. The Balaban J connectivity index is 1.47. The first-order valence-corrected chi connectivity index (χ1v) is 13.8. The zero-order valence-corrected chi connectivity index (χ0v) is 23.5. The number of hydrogen-bond acceptors (Lipinski definition) is 9. The van der Waals surface area contributed by atoms with Gasteiger partial charge in [-0.05, 0) is 45.7 Å². The van der Waals surface area contributed by atoms with Gasteiger partial charge in [0.1, 0.15) is 29.3 Å². The molecule has 1 unspecified atom stereocenters. The van der Waals surface area contributed by atoms with Gasteiger partial charge >= 0.3 is 0 Å². The summed E-state index contributed by atoms with van der Waals surface area (Å²) < 4.78 is 0.0452. The molecule has 3 N–H and O–H groups in total. The van der Waals surface area contributed by atoms with Crippen molar-refractivity contribution in [3.8, 4) is 6.07 Å². The van der Waals surface area contributed by atoms with Crippen molar-refractivity contribution in [1.82, 2.24) is 25.2 Å². The van der Waals surface area contributed by atoms with Crippen molar-refractivity contribution < 1.29 is 4.79 Å². The molecule has 1 spiro atoms. The highest BCUT2D eigenvalue weighted by molar-refractivity contribution is 14.1. The second-order valence-electron chi connectivity index (χ2n) is 10.7. The molecule has 4 heterocycles. The molecule has 0 aromatic carbocycles. The molecule has 0 radical (unpaired) electrons. The van der Waals surface area contributed by atoms with Crippen molar-refractivity contribution in [1.29, 1.82) is 5.26 Å². The van der Waals surface area contributed by atoms with Crippen LogP contribution in [0.15, 0.2) is 37.1 Å². The SMILES string of the molecule is C[C@@H]1CN(c2ncnc3c2C2(CCC2)CN3c2cc(C#N)ccn2)C(I)CN1C(=O)C(C)(C)N/C=C\N. The number of nitrogens with one attached hydrogen (secondary N) is 1. The number of aromatic nitrogens is 3. The predicted molar refractivity (Wildman–Crippen MR) is 150 cm³/mol. The number of halogens is 1. The molecule has 1 saturated heterocycles. The van der Waals surface area contributed by atoms with Gasteiger partial charge in [-0.1, -0.05) is 29.0 Å². The molecule has 2 atom stereocenters. The van der Waals surface area contributed by atoms with E-state index in [0.29, 0.717) is 18.7 Å². The topological polar surface area (TPSA) is 127 Å². The van der Waals surface area contributed by atoms with Crippen LogP contribution in [0.25, 0.3) is 0 Å². The fourth-order valence-corrected chi connectivity index (χ4v) is 6.59. The van der Waals surface area contributed by atoms with Gasteiger partial charge in [0, 0.05) is 48.7 Å². The number of rotatable bonds is 5. The highest BCUT2D eigenvalue weighted by Crippen LogP contribution is 2.56. The molecule has 11 heteroatoms. The smallest absolute Gasteiger partial charge is 0.248 e. The second-order valence-corrected chi connectivity index (χ2v) is 12.1. The Bertz CT molecular complexity index is 1270. The average molecular weight is 614 g/mol. The monoisotopic (exact) mass is 613 g/mol. The lowest BCUT2D eigenvalue weighted by Gasteiger charge is -2.47. The van der Waals surface area contributed by atoms with Crippen LogP contribution >= 0.6 is 22.6 Å². The van der Waals surface area contributed by atoms with Crippen LogP contribution in [-0.2, 0) is 10.2 Å². The summed E-state index contributed by atoms with van der Waals surface area (Å²) in [6.07, 6.45) is 9.63. The van der Waals surface area contributed by atoms with Crippen LogP contribution in [0, 0.1) is 11.3 Å². The molecule has 1 saturated carbocycles. The summed E-state index contributed by atoms with van der Waals surface area (Å²) in [5.41, 5.74) is 6.45. The number of carbonyl (C=O) groups is 1. The van der Waals surface area contributed by atoms with Crippen LogP contribution in [0.1, 0.15) is 51.2 Å². The molecule has 10 nitrogen and oxygen atoms in total. The maximum atomic E-state index is 13.4. The van der Waals surface area contributed by atoms with Gasteiger partial charge in [-0.2, -0.15) is 5.26 Å². The van der Waals surface area contributed by atoms with Crippen LogP contribution in [-0.4, -0.2) is 61.0 Å². The quantitative estimate of drug-likeness (QED) is 0.297. The fourth-order valence-electron chi connectivity index (χ4n) is 5.68. The normalized spacial score (nSPS) is 22.6. The summed E-state index contributed by atoms with van der Waals surface area (Å²) in [7, 11) is 0. The zero-order chi connectivity index (χ0) is 26.4. The number of hydrogen-bond donors (Lipinski definition) is 2. The van der Waals surface area contributed by atoms with E-state index < -0.39 is 5.54 Å². The van der Waals surface area contributed by atoms with Crippen molar-refractivity contribution >= 4 is 46.0 Å². The molecule has 1 amide bonds. The summed E-state index contributed by atoms with van der Waals surface area (Å²) >= 11 is 2.43. The van der Waals surface area contributed by atoms with Crippen molar-refractivity contribution in [3.05, 3.63) is 48.2 Å². The van der Waals surface area contributed by atoms with Gasteiger partial charge in [0.2, 0.25) is 5.91 Å². The number of carbonyl (C=O) groups excluding carboxylic acids is 1. The molecule has 1 aliphatic carbocycles. The van der Waals surface area contributed by atoms with E-state index >= 15 is 0 Å². The molecule has 2 aromatic heterocycles. The Morgan fingerprint density at radius 2 is 2.05 bits per heavy atom. The Labute approximate surface area is 231 Å². The third kappa shape index (κ3) is 4.35. The number of nitrogens with zero attached hydrogens (tertiary/aromatic N) is 7. The molecule has 194 valence electrons. The number of alkyl halides is 1. The van der Waals surface area contributed by atoms with Crippen LogP contribution < -0.4 is 20.9 Å². The standard InChI is InChI=1S/C26H32IN9O/c1-17-13-35(19(27)14-34(17)24(37)25(2,3)33-10-8-28)22-21-23(32-16-31-22)36(15-26(21)6-4-7-26)20-11-18(12-29)5-9-30-20/h5,8-11,16-17,19,33H,4,6-7,13-15,28H2,1-3H3/b10-8-/t17-,19?/m1/s1. The van der Waals surface area contributed by atoms with Gasteiger partial charge in [-0.3, -0.25) is 4.79 Å². The third-order valence-electron chi connectivity index (χ3n) is 7.80. The lowest BCUT2D eigenvalue weighted by Crippen LogP contribution is -2.63. The maximum Gasteiger partial charge on any atom is 0.248 e. The average Bonchev–Trinajstić information content (AvgIpc) is 3.25. The molecular formula is C26H32IN9O. The molecular weight excluding hydrogens is 581 g/mol. The first-order valence-electron chi connectivity index (χ1n) is 12.6. The molecule has 2 fully saturated rings. The Hall–Kier alpha value is -3.14. The maximum absolute atomic E-state index is 13.4. The van der Waals surface area contributed by atoms with E-state index in [1.165, 1.54) is 18.2 Å². The Morgan fingerprint density at radius 1 is 1.30 bits per heavy atom. The third-order valence-corrected chi connectivity index (χ3v) is 8.87. The number of anilines is 3. The number of amides is 1. The van der Waals surface area contributed by atoms with Crippen molar-refractivity contribution in [2.75, 3.05) is 29.4 Å². The number of nitrogens with two attached hydrogens (primary N) is 1. The summed E-state index contributed by atoms with van der Waals surface area (Å²) in [6, 6.07) is 5.76. The first-order chi connectivity index (χ1) is 17.7. The molecule has 37 heavy (non-hydrogen) atoms. The van der Waals surface area contributed by atoms with Gasteiger partial charge < -0.3 is 25.8 Å². The van der Waals surface area contributed by atoms with Gasteiger partial charge in [-0.25, -0.2) is 15.0 Å². The molecule has 2 aliphatic heterocycles. The highest BCUT2D eigenvalue weighted by atomic mass is 127. The lowest BCUT2D eigenvalue weighted by atomic mass is 9.66. The summed E-state index contributed by atoms with van der Waals surface area (Å²) in [5, 5.41) is 12.5. The second kappa shape index (κ2) is 9.63. The summed E-state index contributed by atoms with van der Waals surface area (Å²) in [4.78, 5) is 34.0. The summed E-state index contributed by atoms with van der Waals surface area (Å²) in [6.45, 7) is 7.87. The van der Waals surface area contributed by atoms with E-state index in [4.69, 9.17) is 15.7 Å². The fraction of sp³-hybridized carbons (Fsp3) is 0.500. The number of piperazine rings is 1. The van der Waals surface area contributed by atoms with Crippen LogP contribution in [0.4, 0.5) is 17.5 Å². The molecule has 3 aliphatic rings. The van der Waals surface area contributed by atoms with Gasteiger partial charge in [0.05, 0.1) is 22.2 Å². The van der Waals surface area contributed by atoms with E-state index in [9.17, 15) is 10.1 Å². The van der Waals surface area contributed by atoms with E-state index in [1.54, 1.807) is 24.8 Å². The van der Waals surface area contributed by atoms with E-state index in [0.717, 1.165) is 36.8 Å². The van der Waals surface area contributed by atoms with Crippen molar-refractivity contribution in [2.45, 2.75) is 61.1 Å². The minimum Gasteiger partial charge on any atom is -0.403 e. The minimum atomic E-state index is -0.764. The Kier molecular flexibility index (Phi) is 6.64. The van der Waals surface area contributed by atoms with E-state index in [1.807, 2.05) is 24.8 Å². The van der Waals surface area contributed by atoms with E-state index in [-0.39, 0.29) is 21.4 Å². The highest BCUT2D eigenvalue weighted by Gasteiger charge is 2.52. The van der Waals surface area contributed by atoms with E-state index in [2.05, 4.69) is 55.7 Å². The van der Waals surface area contributed by atoms with Crippen molar-refractivity contribution in [3.63, 3.8) is 0 Å². The van der Waals surface area contributed by atoms with Gasteiger partial charge in [0.15, 0.2) is 0 Å². The summed E-state index contributed by atoms with van der Waals surface area (Å²) in [5.74, 6) is 2.61. The molecule has 5 rings (SSSR count). The zero-order valence-electron chi connectivity index (χ0n) is 21.4. The Morgan fingerprint density at radius 3 is 2.73 bits per heavy atom. The predicted octanol–water partition coefficient (Wildman–Crippen LogP) is 2.91. The number of nitriles is 1. The molecule has 2 aromatic rings. The van der Waals surface area contributed by atoms with Crippen molar-refractivity contribution in [2.24, 2.45) is 5.73 Å².